The molecule has 2 aliphatic rings. The lowest BCUT2D eigenvalue weighted by Gasteiger charge is -2.30. The van der Waals surface area contributed by atoms with Gasteiger partial charge < -0.3 is 14.4 Å². The zero-order valence-electron chi connectivity index (χ0n) is 12.5. The lowest BCUT2D eigenvalue weighted by Crippen LogP contribution is -2.40. The van der Waals surface area contributed by atoms with Crippen LogP contribution in [0.15, 0.2) is 24.3 Å². The van der Waals surface area contributed by atoms with E-state index in [1.54, 1.807) is 7.11 Å². The molecule has 5 nitrogen and oxygen atoms in total. The Morgan fingerprint density at radius 1 is 1.43 bits per heavy atom. The van der Waals surface area contributed by atoms with Gasteiger partial charge in [-0.15, -0.1) is 0 Å². The first-order valence-electron chi connectivity index (χ1n) is 7.55. The molecule has 0 spiro atoms. The van der Waals surface area contributed by atoms with E-state index in [-0.39, 0.29) is 24.2 Å². The lowest BCUT2D eigenvalue weighted by atomic mass is 10.1. The van der Waals surface area contributed by atoms with Crippen molar-refractivity contribution in [3.05, 3.63) is 29.8 Å². The second kappa shape index (κ2) is 6.03. The molecule has 0 bridgehead atoms. The molecule has 114 valence electrons. The van der Waals surface area contributed by atoms with E-state index < -0.39 is 0 Å². The van der Waals surface area contributed by atoms with E-state index in [1.807, 2.05) is 36.1 Å². The van der Waals surface area contributed by atoms with Gasteiger partial charge in [0, 0.05) is 12.2 Å². The van der Waals surface area contributed by atoms with Crippen molar-refractivity contribution in [2.45, 2.75) is 38.0 Å². The fourth-order valence-corrected chi connectivity index (χ4v) is 3.21. The predicted octanol–water partition coefficient (Wildman–Crippen LogP) is 1.69. The van der Waals surface area contributed by atoms with Crippen molar-refractivity contribution in [2.75, 3.05) is 20.3 Å². The van der Waals surface area contributed by atoms with Crippen LogP contribution in [0.25, 0.3) is 0 Å². The Labute approximate surface area is 125 Å². The number of nitrogens with one attached hydrogen (secondary N) is 1. The lowest BCUT2D eigenvalue weighted by molar-refractivity contribution is -0.132. The molecule has 0 radical (unpaired) electrons. The SMILES string of the molecule is CCC1NC(c2ccccc2OC)N(C2CCOC2)C1=O. The standard InChI is InChI=1S/C16H22N2O3/c1-3-13-16(19)18(11-8-9-21-10-11)15(17-13)12-6-4-5-7-14(12)20-2/h4-7,11,13,15,17H,3,8-10H2,1-2H3. The number of carbonyl (C=O) groups is 1. The molecule has 21 heavy (non-hydrogen) atoms. The largest absolute Gasteiger partial charge is 0.496 e. The number of hydrogen-bond donors (Lipinski definition) is 1. The highest BCUT2D eigenvalue weighted by Gasteiger charge is 2.44. The predicted molar refractivity (Wildman–Crippen MR) is 79.0 cm³/mol. The van der Waals surface area contributed by atoms with Crippen LogP contribution < -0.4 is 10.1 Å². The number of methoxy groups -OCH3 is 1. The second-order valence-corrected chi connectivity index (χ2v) is 5.53. The number of amides is 1. The van der Waals surface area contributed by atoms with Crippen LogP contribution in [0.4, 0.5) is 0 Å². The molecule has 1 amide bonds. The first-order chi connectivity index (χ1) is 10.3. The van der Waals surface area contributed by atoms with E-state index in [0.717, 1.165) is 30.8 Å². The Bertz CT molecular complexity index is 514. The van der Waals surface area contributed by atoms with Crippen LogP contribution in [-0.2, 0) is 9.53 Å². The molecule has 3 unspecified atom stereocenters. The molecule has 1 aromatic rings. The molecule has 5 heteroatoms. The van der Waals surface area contributed by atoms with Gasteiger partial charge in [0.05, 0.1) is 25.8 Å². The molecule has 2 heterocycles. The summed E-state index contributed by atoms with van der Waals surface area (Å²) in [7, 11) is 1.66. The van der Waals surface area contributed by atoms with Crippen LogP contribution in [0.5, 0.6) is 5.75 Å². The molecular weight excluding hydrogens is 268 g/mol. The Kier molecular flexibility index (Phi) is 4.12. The molecule has 2 aliphatic heterocycles. The second-order valence-electron chi connectivity index (χ2n) is 5.53. The third-order valence-electron chi connectivity index (χ3n) is 4.33. The number of ether oxygens (including phenoxy) is 2. The summed E-state index contributed by atoms with van der Waals surface area (Å²) in [5.41, 5.74) is 1.01. The van der Waals surface area contributed by atoms with Crippen molar-refractivity contribution in [3.63, 3.8) is 0 Å². The summed E-state index contributed by atoms with van der Waals surface area (Å²) in [6.45, 7) is 3.38. The van der Waals surface area contributed by atoms with E-state index in [9.17, 15) is 4.79 Å². The third-order valence-corrected chi connectivity index (χ3v) is 4.33. The maximum Gasteiger partial charge on any atom is 0.241 e. The quantitative estimate of drug-likeness (QED) is 0.917. The number of nitrogens with zero attached hydrogens (tertiary/aromatic N) is 1. The molecule has 3 atom stereocenters. The van der Waals surface area contributed by atoms with Crippen molar-refractivity contribution < 1.29 is 14.3 Å². The highest BCUT2D eigenvalue weighted by Crippen LogP contribution is 2.35. The van der Waals surface area contributed by atoms with Gasteiger partial charge in [0.25, 0.3) is 0 Å². The number of carbonyl (C=O) groups excluding carboxylic acids is 1. The van der Waals surface area contributed by atoms with Gasteiger partial charge in [-0.05, 0) is 18.9 Å². The molecule has 3 rings (SSSR count). The maximum atomic E-state index is 12.7. The summed E-state index contributed by atoms with van der Waals surface area (Å²) in [5, 5.41) is 3.45. The number of para-hydroxylation sites is 1. The minimum atomic E-state index is -0.134. The van der Waals surface area contributed by atoms with Crippen LogP contribution in [0.1, 0.15) is 31.5 Å². The number of hydrogen-bond acceptors (Lipinski definition) is 4. The first kappa shape index (κ1) is 14.4. The molecule has 1 N–H and O–H groups in total. The van der Waals surface area contributed by atoms with Gasteiger partial charge in [-0.2, -0.15) is 0 Å². The monoisotopic (exact) mass is 290 g/mol. The van der Waals surface area contributed by atoms with Gasteiger partial charge in [-0.1, -0.05) is 25.1 Å². The van der Waals surface area contributed by atoms with Crippen molar-refractivity contribution in [3.8, 4) is 5.75 Å². The summed E-state index contributed by atoms with van der Waals surface area (Å²) in [6.07, 6.45) is 1.55. The Balaban J connectivity index is 1.95. The van der Waals surface area contributed by atoms with Gasteiger partial charge in [0.2, 0.25) is 5.91 Å². The van der Waals surface area contributed by atoms with Crippen LogP contribution in [0, 0.1) is 0 Å². The first-order valence-corrected chi connectivity index (χ1v) is 7.55. The molecule has 1 aromatic carbocycles. The molecular formula is C16H22N2O3. The topological polar surface area (TPSA) is 50.8 Å². The molecule has 2 fully saturated rings. The van der Waals surface area contributed by atoms with Crippen LogP contribution in [0.3, 0.4) is 0 Å². The molecule has 0 aliphatic carbocycles. The van der Waals surface area contributed by atoms with Gasteiger partial charge in [0.1, 0.15) is 11.9 Å². The minimum absolute atomic E-state index is 0.125. The molecule has 0 saturated carbocycles. The van der Waals surface area contributed by atoms with Gasteiger partial charge in [0.15, 0.2) is 0 Å². The number of benzene rings is 1. The van der Waals surface area contributed by atoms with Crippen LogP contribution in [-0.4, -0.2) is 43.2 Å². The van der Waals surface area contributed by atoms with E-state index in [2.05, 4.69) is 5.32 Å². The van der Waals surface area contributed by atoms with Crippen molar-refractivity contribution >= 4 is 5.91 Å². The Hall–Kier alpha value is -1.59. The van der Waals surface area contributed by atoms with Gasteiger partial charge >= 0.3 is 0 Å². The van der Waals surface area contributed by atoms with Crippen molar-refractivity contribution in [1.82, 2.24) is 10.2 Å². The molecule has 0 aromatic heterocycles. The van der Waals surface area contributed by atoms with E-state index in [0.29, 0.717) is 6.61 Å². The third kappa shape index (κ3) is 2.51. The van der Waals surface area contributed by atoms with Gasteiger partial charge in [-0.25, -0.2) is 0 Å². The Morgan fingerprint density at radius 2 is 2.24 bits per heavy atom. The fraction of sp³-hybridized carbons (Fsp3) is 0.562. The fourth-order valence-electron chi connectivity index (χ4n) is 3.21. The zero-order valence-corrected chi connectivity index (χ0v) is 12.5. The van der Waals surface area contributed by atoms with Gasteiger partial charge in [-0.3, -0.25) is 10.1 Å². The van der Waals surface area contributed by atoms with Crippen molar-refractivity contribution in [1.29, 1.82) is 0 Å². The van der Waals surface area contributed by atoms with E-state index in [4.69, 9.17) is 9.47 Å². The van der Waals surface area contributed by atoms with Crippen molar-refractivity contribution in [2.24, 2.45) is 0 Å². The smallest absolute Gasteiger partial charge is 0.241 e. The highest BCUT2D eigenvalue weighted by molar-refractivity contribution is 5.85. The van der Waals surface area contributed by atoms with Crippen LogP contribution >= 0.6 is 0 Å². The maximum absolute atomic E-state index is 12.7. The zero-order chi connectivity index (χ0) is 14.8. The summed E-state index contributed by atoms with van der Waals surface area (Å²) in [6, 6.07) is 7.90. The average Bonchev–Trinajstić information content (AvgIpc) is 3.14. The van der Waals surface area contributed by atoms with Crippen LogP contribution in [0.2, 0.25) is 0 Å². The highest BCUT2D eigenvalue weighted by atomic mass is 16.5. The van der Waals surface area contributed by atoms with E-state index in [1.165, 1.54) is 0 Å². The summed E-state index contributed by atoms with van der Waals surface area (Å²) < 4.78 is 10.9. The van der Waals surface area contributed by atoms with E-state index >= 15 is 0 Å². The minimum Gasteiger partial charge on any atom is -0.496 e. The number of rotatable bonds is 4. The summed E-state index contributed by atoms with van der Waals surface area (Å²) in [4.78, 5) is 14.6. The Morgan fingerprint density at radius 3 is 2.90 bits per heavy atom. The summed E-state index contributed by atoms with van der Waals surface area (Å²) >= 11 is 0. The normalized spacial score (nSPS) is 29.1. The molecule has 2 saturated heterocycles. The average molecular weight is 290 g/mol. The summed E-state index contributed by atoms with van der Waals surface area (Å²) in [5.74, 6) is 0.979.